The van der Waals surface area contributed by atoms with Gasteiger partial charge in [-0.25, -0.2) is 18.1 Å². The maximum atomic E-state index is 13.0. The van der Waals surface area contributed by atoms with E-state index in [0.717, 1.165) is 28.2 Å². The van der Waals surface area contributed by atoms with Gasteiger partial charge in [0, 0.05) is 18.8 Å². The summed E-state index contributed by atoms with van der Waals surface area (Å²) in [6.45, 7) is 3.48. The van der Waals surface area contributed by atoms with Crippen LogP contribution < -0.4 is 10.2 Å². The fraction of sp³-hybridized carbons (Fsp3) is 0.316. The average molecular weight is 441 g/mol. The molecule has 0 radical (unpaired) electrons. The van der Waals surface area contributed by atoms with Gasteiger partial charge in [-0.15, -0.1) is 0 Å². The zero-order valence-electron chi connectivity index (χ0n) is 16.0. The monoisotopic (exact) mass is 441 g/mol. The van der Waals surface area contributed by atoms with Gasteiger partial charge >= 0.3 is 11.5 Å². The van der Waals surface area contributed by atoms with Crippen LogP contribution in [0.3, 0.4) is 0 Å². The molecule has 160 valence electrons. The first-order chi connectivity index (χ1) is 13.9. The number of carbonyl (C=O) groups excluding carboxylic acids is 2. The predicted octanol–water partition coefficient (Wildman–Crippen LogP) is 3.00. The van der Waals surface area contributed by atoms with Crippen molar-refractivity contribution in [2.75, 3.05) is 4.90 Å². The van der Waals surface area contributed by atoms with Gasteiger partial charge in [0.1, 0.15) is 5.54 Å². The number of anilines is 1. The van der Waals surface area contributed by atoms with Gasteiger partial charge in [0.2, 0.25) is 0 Å². The molecular formula is C19H18F3N3O4S. The van der Waals surface area contributed by atoms with Crippen LogP contribution >= 0.6 is 0 Å². The van der Waals surface area contributed by atoms with Crippen molar-refractivity contribution in [3.05, 3.63) is 53.9 Å². The lowest BCUT2D eigenvalue weighted by Gasteiger charge is -2.23. The van der Waals surface area contributed by atoms with Crippen molar-refractivity contribution in [1.29, 1.82) is 0 Å². The van der Waals surface area contributed by atoms with Gasteiger partial charge in [0.25, 0.3) is 15.7 Å². The molecule has 1 aliphatic heterocycles. The smallest absolute Gasteiger partial charge is 0.323 e. The van der Waals surface area contributed by atoms with E-state index in [4.69, 9.17) is 0 Å². The summed E-state index contributed by atoms with van der Waals surface area (Å²) < 4.78 is 61.1. The Morgan fingerprint density at radius 3 is 2.30 bits per heavy atom. The third-order valence-electron chi connectivity index (χ3n) is 4.90. The minimum atomic E-state index is -5.52. The van der Waals surface area contributed by atoms with Gasteiger partial charge in [-0.2, -0.15) is 13.2 Å². The number of sulfone groups is 1. The number of amides is 3. The number of carbonyl (C=O) groups is 2. The highest BCUT2D eigenvalue weighted by Crippen LogP contribution is 2.33. The molecule has 2 aromatic rings. The number of pyridine rings is 1. The van der Waals surface area contributed by atoms with E-state index in [1.54, 1.807) is 25.4 Å². The van der Waals surface area contributed by atoms with Gasteiger partial charge in [-0.05, 0) is 54.8 Å². The van der Waals surface area contributed by atoms with Crippen LogP contribution in [0, 0.1) is 0 Å². The average Bonchev–Trinajstić information content (AvgIpc) is 2.89. The van der Waals surface area contributed by atoms with Gasteiger partial charge in [-0.3, -0.25) is 9.78 Å². The molecule has 0 bridgehead atoms. The maximum absolute atomic E-state index is 13.0. The molecule has 0 aliphatic carbocycles. The second-order valence-corrected chi connectivity index (χ2v) is 8.96. The molecule has 0 spiro atoms. The van der Waals surface area contributed by atoms with Crippen LogP contribution in [0.25, 0.3) is 0 Å². The number of halogens is 3. The molecular weight excluding hydrogens is 423 g/mol. The zero-order chi connectivity index (χ0) is 22.3. The Balaban J connectivity index is 1.90. The first-order valence-corrected chi connectivity index (χ1v) is 10.4. The molecule has 1 aromatic heterocycles. The SMILES string of the molecule is CCc1cnccc1CC1(C)NC(=O)N(c2ccc(S(=O)(=O)C(F)(F)F)cc2)C1=O. The van der Waals surface area contributed by atoms with E-state index < -0.39 is 37.7 Å². The second-order valence-electron chi connectivity index (χ2n) is 7.02. The molecule has 3 amide bonds. The van der Waals surface area contributed by atoms with Crippen LogP contribution in [0.1, 0.15) is 25.0 Å². The first-order valence-electron chi connectivity index (χ1n) is 8.90. The summed E-state index contributed by atoms with van der Waals surface area (Å²) in [7, 11) is -5.52. The van der Waals surface area contributed by atoms with Crippen LogP contribution in [0.4, 0.5) is 23.7 Å². The van der Waals surface area contributed by atoms with Crippen molar-refractivity contribution in [3.8, 4) is 0 Å². The van der Waals surface area contributed by atoms with Crippen LogP contribution in [0.2, 0.25) is 0 Å². The van der Waals surface area contributed by atoms with Gasteiger partial charge in [0.15, 0.2) is 0 Å². The maximum Gasteiger partial charge on any atom is 0.501 e. The van der Waals surface area contributed by atoms with E-state index >= 15 is 0 Å². The minimum absolute atomic E-state index is 0.0345. The van der Waals surface area contributed by atoms with E-state index in [2.05, 4.69) is 10.3 Å². The summed E-state index contributed by atoms with van der Waals surface area (Å²) in [5.41, 5.74) is -5.01. The van der Waals surface area contributed by atoms with Crippen molar-refractivity contribution in [2.45, 2.75) is 42.6 Å². The molecule has 0 saturated carbocycles. The molecule has 2 heterocycles. The van der Waals surface area contributed by atoms with Crippen molar-refractivity contribution in [1.82, 2.24) is 10.3 Å². The minimum Gasteiger partial charge on any atom is -0.323 e. The third kappa shape index (κ3) is 3.64. The summed E-state index contributed by atoms with van der Waals surface area (Å²) in [5.74, 6) is -0.599. The van der Waals surface area contributed by atoms with Gasteiger partial charge in [0.05, 0.1) is 10.6 Å². The highest BCUT2D eigenvalue weighted by Gasteiger charge is 2.49. The van der Waals surface area contributed by atoms with Crippen LogP contribution in [-0.2, 0) is 27.5 Å². The Morgan fingerprint density at radius 1 is 1.10 bits per heavy atom. The van der Waals surface area contributed by atoms with Crippen molar-refractivity contribution < 1.29 is 31.2 Å². The Hall–Kier alpha value is -2.95. The number of imide groups is 1. The molecule has 7 nitrogen and oxygen atoms in total. The molecule has 3 rings (SSSR count). The number of alkyl halides is 3. The Kier molecular flexibility index (Phi) is 5.35. The van der Waals surface area contributed by atoms with E-state index in [-0.39, 0.29) is 12.1 Å². The van der Waals surface area contributed by atoms with E-state index in [9.17, 15) is 31.2 Å². The third-order valence-corrected chi connectivity index (χ3v) is 6.40. The number of urea groups is 1. The topological polar surface area (TPSA) is 96.4 Å². The predicted molar refractivity (Wildman–Crippen MR) is 101 cm³/mol. The fourth-order valence-corrected chi connectivity index (χ4v) is 4.04. The van der Waals surface area contributed by atoms with E-state index in [0.29, 0.717) is 18.6 Å². The normalized spacial score (nSPS) is 19.8. The summed E-state index contributed by atoms with van der Waals surface area (Å²) in [4.78, 5) is 29.3. The second kappa shape index (κ2) is 7.38. The quantitative estimate of drug-likeness (QED) is 0.720. The van der Waals surface area contributed by atoms with Crippen LogP contribution in [0.5, 0.6) is 0 Å². The fourth-order valence-electron chi connectivity index (χ4n) is 3.27. The molecule has 1 atom stereocenters. The lowest BCUT2D eigenvalue weighted by Crippen LogP contribution is -2.46. The van der Waals surface area contributed by atoms with Gasteiger partial charge < -0.3 is 5.32 Å². The molecule has 11 heteroatoms. The van der Waals surface area contributed by atoms with Crippen molar-refractivity contribution >= 4 is 27.5 Å². The molecule has 1 aromatic carbocycles. The van der Waals surface area contributed by atoms with Crippen molar-refractivity contribution in [3.63, 3.8) is 0 Å². The van der Waals surface area contributed by atoms with Crippen LogP contribution in [-0.4, -0.2) is 36.4 Å². The first kappa shape index (κ1) is 21.8. The largest absolute Gasteiger partial charge is 0.501 e. The molecule has 1 unspecified atom stereocenters. The molecule has 1 fully saturated rings. The summed E-state index contributed by atoms with van der Waals surface area (Å²) in [6.07, 6.45) is 4.13. The molecule has 1 N–H and O–H groups in total. The standard InChI is InChI=1S/C19H18F3N3O4S/c1-3-12-11-23-9-8-13(12)10-18(2)16(26)25(17(27)24-18)14-4-6-15(7-5-14)30(28,29)19(20,21)22/h4-9,11H,3,10H2,1-2H3,(H,24,27). The number of hydrogen-bond acceptors (Lipinski definition) is 5. The highest BCUT2D eigenvalue weighted by atomic mass is 32.2. The number of rotatable bonds is 5. The van der Waals surface area contributed by atoms with E-state index in [1.807, 2.05) is 6.92 Å². The van der Waals surface area contributed by atoms with Crippen molar-refractivity contribution in [2.24, 2.45) is 0 Å². The van der Waals surface area contributed by atoms with Crippen LogP contribution in [0.15, 0.2) is 47.6 Å². The molecule has 30 heavy (non-hydrogen) atoms. The summed E-state index contributed by atoms with van der Waals surface area (Å²) in [5, 5.41) is 2.62. The Bertz CT molecular complexity index is 1100. The summed E-state index contributed by atoms with van der Waals surface area (Å²) >= 11 is 0. The lowest BCUT2D eigenvalue weighted by molar-refractivity contribution is -0.121. The Morgan fingerprint density at radius 2 is 1.73 bits per heavy atom. The highest BCUT2D eigenvalue weighted by molar-refractivity contribution is 7.92. The summed E-state index contributed by atoms with van der Waals surface area (Å²) in [6, 6.07) is 4.42. The number of nitrogens with one attached hydrogen (secondary N) is 1. The number of hydrogen-bond donors (Lipinski definition) is 1. The molecule has 1 aliphatic rings. The van der Waals surface area contributed by atoms with Gasteiger partial charge in [-0.1, -0.05) is 6.92 Å². The number of nitrogens with zero attached hydrogens (tertiary/aromatic N) is 2. The Labute approximate surface area is 170 Å². The number of benzene rings is 1. The van der Waals surface area contributed by atoms with E-state index in [1.165, 1.54) is 0 Å². The lowest BCUT2D eigenvalue weighted by atomic mass is 9.90. The number of aryl methyl sites for hydroxylation is 1. The molecule has 1 saturated heterocycles. The zero-order valence-corrected chi connectivity index (χ0v) is 16.8. The number of aromatic nitrogens is 1.